The quantitative estimate of drug-likeness (QED) is 0.880. The van der Waals surface area contributed by atoms with Crippen molar-refractivity contribution in [3.63, 3.8) is 0 Å². The van der Waals surface area contributed by atoms with Gasteiger partial charge in [-0.3, -0.25) is 9.88 Å². The lowest BCUT2D eigenvalue weighted by Gasteiger charge is -2.30. The van der Waals surface area contributed by atoms with Gasteiger partial charge < -0.3 is 5.32 Å². The fraction of sp³-hybridized carbons (Fsp3) is 0.688. The molecule has 3 rings (SSSR count). The van der Waals surface area contributed by atoms with Crippen molar-refractivity contribution in [1.82, 2.24) is 15.2 Å². The van der Waals surface area contributed by atoms with Gasteiger partial charge in [-0.05, 0) is 63.2 Å². The maximum atomic E-state index is 4.57. The molecule has 3 heteroatoms. The van der Waals surface area contributed by atoms with Gasteiger partial charge in [-0.2, -0.15) is 0 Å². The summed E-state index contributed by atoms with van der Waals surface area (Å²) in [4.78, 5) is 7.25. The molecule has 0 aromatic carbocycles. The minimum atomic E-state index is 0.830. The molecular weight excluding hydrogens is 234 g/mol. The van der Waals surface area contributed by atoms with E-state index in [-0.39, 0.29) is 0 Å². The number of aryl methyl sites for hydroxylation is 1. The Bertz CT molecular complexity index is 408. The van der Waals surface area contributed by atoms with Gasteiger partial charge in [0.05, 0.1) is 5.69 Å². The zero-order valence-electron chi connectivity index (χ0n) is 11.9. The van der Waals surface area contributed by atoms with E-state index in [0.29, 0.717) is 0 Å². The Morgan fingerprint density at radius 1 is 1.26 bits per heavy atom. The lowest BCUT2D eigenvalue weighted by molar-refractivity contribution is 0.188. The van der Waals surface area contributed by atoms with Crippen LogP contribution in [0.4, 0.5) is 0 Å². The highest BCUT2D eigenvalue weighted by Crippen LogP contribution is 2.30. The molecule has 1 aromatic heterocycles. The Morgan fingerprint density at radius 2 is 2.05 bits per heavy atom. The SMILES string of the molecule is Cc1cccnc1CN(CC1CCNCC1)C1CC1. The molecule has 1 saturated carbocycles. The first kappa shape index (κ1) is 13.1. The third-order valence-corrected chi connectivity index (χ3v) is 4.49. The molecule has 1 aliphatic heterocycles. The zero-order chi connectivity index (χ0) is 13.1. The number of pyridine rings is 1. The molecule has 2 fully saturated rings. The number of nitrogens with one attached hydrogen (secondary N) is 1. The molecule has 104 valence electrons. The summed E-state index contributed by atoms with van der Waals surface area (Å²) in [6, 6.07) is 5.04. The lowest BCUT2D eigenvalue weighted by atomic mass is 9.97. The van der Waals surface area contributed by atoms with Crippen LogP contribution in [-0.2, 0) is 6.54 Å². The molecule has 1 aromatic rings. The second-order valence-electron chi connectivity index (χ2n) is 6.12. The van der Waals surface area contributed by atoms with E-state index in [9.17, 15) is 0 Å². The van der Waals surface area contributed by atoms with Crippen LogP contribution in [-0.4, -0.2) is 35.6 Å². The first-order chi connectivity index (χ1) is 9.33. The molecule has 1 saturated heterocycles. The van der Waals surface area contributed by atoms with Crippen LogP contribution in [0.2, 0.25) is 0 Å². The first-order valence-electron chi connectivity index (χ1n) is 7.68. The molecule has 0 unspecified atom stereocenters. The van der Waals surface area contributed by atoms with Gasteiger partial charge in [0.15, 0.2) is 0 Å². The van der Waals surface area contributed by atoms with Crippen molar-refractivity contribution in [2.24, 2.45) is 5.92 Å². The van der Waals surface area contributed by atoms with E-state index in [0.717, 1.165) is 18.5 Å². The molecule has 2 aliphatic rings. The molecule has 0 radical (unpaired) electrons. The summed E-state index contributed by atoms with van der Waals surface area (Å²) in [7, 11) is 0. The number of piperidine rings is 1. The number of rotatable bonds is 5. The van der Waals surface area contributed by atoms with Gasteiger partial charge in [0.25, 0.3) is 0 Å². The van der Waals surface area contributed by atoms with Gasteiger partial charge in [-0.25, -0.2) is 0 Å². The molecule has 1 N–H and O–H groups in total. The minimum absolute atomic E-state index is 0.830. The van der Waals surface area contributed by atoms with Crippen LogP contribution in [0.5, 0.6) is 0 Å². The average Bonchev–Trinajstić information content (AvgIpc) is 3.26. The second-order valence-corrected chi connectivity index (χ2v) is 6.12. The van der Waals surface area contributed by atoms with E-state index in [1.807, 2.05) is 12.3 Å². The van der Waals surface area contributed by atoms with E-state index in [4.69, 9.17) is 0 Å². The van der Waals surface area contributed by atoms with Gasteiger partial charge in [0, 0.05) is 25.3 Å². The Morgan fingerprint density at radius 3 is 2.74 bits per heavy atom. The first-order valence-corrected chi connectivity index (χ1v) is 7.68. The maximum absolute atomic E-state index is 4.57. The number of hydrogen-bond acceptors (Lipinski definition) is 3. The van der Waals surface area contributed by atoms with Gasteiger partial charge >= 0.3 is 0 Å². The van der Waals surface area contributed by atoms with Crippen LogP contribution >= 0.6 is 0 Å². The van der Waals surface area contributed by atoms with E-state index in [2.05, 4.69) is 28.2 Å². The largest absolute Gasteiger partial charge is 0.317 e. The van der Waals surface area contributed by atoms with E-state index in [1.54, 1.807) is 0 Å². The van der Waals surface area contributed by atoms with Crippen LogP contribution in [0.1, 0.15) is 36.9 Å². The van der Waals surface area contributed by atoms with E-state index < -0.39 is 0 Å². The third kappa shape index (κ3) is 3.54. The van der Waals surface area contributed by atoms with Crippen molar-refractivity contribution in [2.45, 2.75) is 45.2 Å². The van der Waals surface area contributed by atoms with Gasteiger partial charge in [0.1, 0.15) is 0 Å². The Kier molecular flexibility index (Phi) is 4.14. The smallest absolute Gasteiger partial charge is 0.0573 e. The monoisotopic (exact) mass is 259 g/mol. The standard InChI is InChI=1S/C16H25N3/c1-13-3-2-8-18-16(13)12-19(15-4-5-15)11-14-6-9-17-10-7-14/h2-3,8,14-15,17H,4-7,9-12H2,1H3. The number of hydrogen-bond donors (Lipinski definition) is 1. The van der Waals surface area contributed by atoms with Crippen molar-refractivity contribution >= 4 is 0 Å². The molecular formula is C16H25N3. The Hall–Kier alpha value is -0.930. The molecule has 0 atom stereocenters. The Balaban J connectivity index is 1.62. The molecule has 2 heterocycles. The molecule has 0 spiro atoms. The highest BCUT2D eigenvalue weighted by molar-refractivity contribution is 5.17. The van der Waals surface area contributed by atoms with Crippen molar-refractivity contribution < 1.29 is 0 Å². The summed E-state index contributed by atoms with van der Waals surface area (Å²) in [6.07, 6.45) is 7.38. The van der Waals surface area contributed by atoms with Gasteiger partial charge in [-0.15, -0.1) is 0 Å². The fourth-order valence-electron chi connectivity index (χ4n) is 3.05. The normalized spacial score (nSPS) is 20.9. The predicted molar refractivity (Wildman–Crippen MR) is 78.0 cm³/mol. The van der Waals surface area contributed by atoms with Crippen LogP contribution in [0.3, 0.4) is 0 Å². The second kappa shape index (κ2) is 6.02. The third-order valence-electron chi connectivity index (χ3n) is 4.49. The Labute approximate surface area is 116 Å². The van der Waals surface area contributed by atoms with Crippen molar-refractivity contribution in [1.29, 1.82) is 0 Å². The van der Waals surface area contributed by atoms with Crippen LogP contribution in [0.25, 0.3) is 0 Å². The summed E-state index contributed by atoms with van der Waals surface area (Å²) in [5, 5.41) is 3.46. The molecule has 19 heavy (non-hydrogen) atoms. The van der Waals surface area contributed by atoms with E-state index in [1.165, 1.54) is 56.6 Å². The minimum Gasteiger partial charge on any atom is -0.317 e. The van der Waals surface area contributed by atoms with E-state index >= 15 is 0 Å². The molecule has 0 bridgehead atoms. The van der Waals surface area contributed by atoms with Crippen molar-refractivity contribution in [3.8, 4) is 0 Å². The van der Waals surface area contributed by atoms with Crippen LogP contribution in [0.15, 0.2) is 18.3 Å². The lowest BCUT2D eigenvalue weighted by Crippen LogP contribution is -2.37. The summed E-state index contributed by atoms with van der Waals surface area (Å²) >= 11 is 0. The summed E-state index contributed by atoms with van der Waals surface area (Å²) in [5.74, 6) is 0.880. The van der Waals surface area contributed by atoms with Crippen molar-refractivity contribution in [3.05, 3.63) is 29.6 Å². The zero-order valence-corrected chi connectivity index (χ0v) is 11.9. The highest BCUT2D eigenvalue weighted by Gasteiger charge is 2.31. The average molecular weight is 259 g/mol. The molecule has 1 aliphatic carbocycles. The summed E-state index contributed by atoms with van der Waals surface area (Å²) in [6.45, 7) is 6.89. The maximum Gasteiger partial charge on any atom is 0.0573 e. The molecule has 0 amide bonds. The van der Waals surface area contributed by atoms with Crippen molar-refractivity contribution in [2.75, 3.05) is 19.6 Å². The fourth-order valence-corrected chi connectivity index (χ4v) is 3.05. The topological polar surface area (TPSA) is 28.2 Å². The molecule has 3 nitrogen and oxygen atoms in total. The van der Waals surface area contributed by atoms with Gasteiger partial charge in [-0.1, -0.05) is 6.07 Å². The predicted octanol–water partition coefficient (Wildman–Crippen LogP) is 2.35. The number of aromatic nitrogens is 1. The summed E-state index contributed by atoms with van der Waals surface area (Å²) in [5.41, 5.74) is 2.60. The van der Waals surface area contributed by atoms with Gasteiger partial charge in [0.2, 0.25) is 0 Å². The van der Waals surface area contributed by atoms with Crippen LogP contribution < -0.4 is 5.32 Å². The summed E-state index contributed by atoms with van der Waals surface area (Å²) < 4.78 is 0. The highest BCUT2D eigenvalue weighted by atomic mass is 15.2. The van der Waals surface area contributed by atoms with Crippen LogP contribution in [0, 0.1) is 12.8 Å². The number of nitrogens with zero attached hydrogens (tertiary/aromatic N) is 2.